The minimum atomic E-state index is -3.72. The Bertz CT molecular complexity index is 699. The molecule has 0 aromatic carbocycles. The average Bonchev–Trinajstić information content (AvgIpc) is 2.95. The molecular formula is C11H13N3O4S. The molecular weight excluding hydrogens is 270 g/mol. The number of aromatic nitrogens is 2. The molecule has 0 atom stereocenters. The molecule has 0 spiro atoms. The van der Waals surface area contributed by atoms with Gasteiger partial charge in [0.15, 0.2) is 0 Å². The number of aryl methyl sites for hydroxylation is 1. The summed E-state index contributed by atoms with van der Waals surface area (Å²) in [5.74, 6) is -1.20. The highest BCUT2D eigenvalue weighted by molar-refractivity contribution is 7.89. The molecule has 2 aromatic rings. The lowest BCUT2D eigenvalue weighted by Crippen LogP contribution is -2.23. The largest absolute Gasteiger partial charge is 0.477 e. The standard InChI is InChI=1S/C11H13N3O4S/c1-14-4-2-3-8(14)6-13-19(17,18)9-5-10(11(15)16)12-7-9/h2-5,7,12-13H,6H2,1H3,(H,15,16). The summed E-state index contributed by atoms with van der Waals surface area (Å²) in [4.78, 5) is 13.0. The number of hydrogen-bond acceptors (Lipinski definition) is 3. The first-order chi connectivity index (χ1) is 8.90. The fraction of sp³-hybridized carbons (Fsp3) is 0.182. The highest BCUT2D eigenvalue weighted by Crippen LogP contribution is 2.11. The lowest BCUT2D eigenvalue weighted by molar-refractivity contribution is 0.0691. The lowest BCUT2D eigenvalue weighted by Gasteiger charge is -2.05. The number of aromatic amines is 1. The van der Waals surface area contributed by atoms with Gasteiger partial charge in [0.1, 0.15) is 10.6 Å². The Morgan fingerprint density at radius 3 is 2.79 bits per heavy atom. The zero-order valence-corrected chi connectivity index (χ0v) is 10.9. The Balaban J connectivity index is 2.14. The van der Waals surface area contributed by atoms with Crippen molar-refractivity contribution < 1.29 is 18.3 Å². The fourth-order valence-corrected chi connectivity index (χ4v) is 2.58. The van der Waals surface area contributed by atoms with Crippen molar-refractivity contribution in [2.75, 3.05) is 0 Å². The van der Waals surface area contributed by atoms with Gasteiger partial charge in [-0.15, -0.1) is 0 Å². The Morgan fingerprint density at radius 1 is 1.53 bits per heavy atom. The van der Waals surface area contributed by atoms with Gasteiger partial charge in [0.25, 0.3) is 0 Å². The summed E-state index contributed by atoms with van der Waals surface area (Å²) < 4.78 is 28.1. The molecule has 0 fully saturated rings. The van der Waals surface area contributed by atoms with Crippen molar-refractivity contribution in [1.82, 2.24) is 14.3 Å². The summed E-state index contributed by atoms with van der Waals surface area (Å²) in [6.07, 6.45) is 2.96. The predicted octanol–water partition coefficient (Wildman–Crippen LogP) is 0.530. The van der Waals surface area contributed by atoms with Gasteiger partial charge in [-0.05, 0) is 18.2 Å². The average molecular weight is 283 g/mol. The molecule has 0 saturated carbocycles. The van der Waals surface area contributed by atoms with Gasteiger partial charge in [0.05, 0.1) is 6.54 Å². The molecule has 102 valence electrons. The van der Waals surface area contributed by atoms with E-state index in [1.54, 1.807) is 10.6 Å². The van der Waals surface area contributed by atoms with E-state index in [9.17, 15) is 13.2 Å². The van der Waals surface area contributed by atoms with Gasteiger partial charge >= 0.3 is 5.97 Å². The SMILES string of the molecule is Cn1cccc1CNS(=O)(=O)c1c[nH]c(C(=O)O)c1. The third-order valence-corrected chi connectivity index (χ3v) is 4.07. The van der Waals surface area contributed by atoms with Gasteiger partial charge in [0, 0.05) is 25.1 Å². The van der Waals surface area contributed by atoms with Crippen LogP contribution < -0.4 is 4.72 Å². The van der Waals surface area contributed by atoms with E-state index in [4.69, 9.17) is 5.11 Å². The summed E-state index contributed by atoms with van der Waals surface area (Å²) in [7, 11) is -1.92. The quantitative estimate of drug-likeness (QED) is 0.744. The first-order valence-corrected chi connectivity index (χ1v) is 6.90. The van der Waals surface area contributed by atoms with E-state index in [1.807, 2.05) is 19.3 Å². The third-order valence-electron chi connectivity index (χ3n) is 2.69. The van der Waals surface area contributed by atoms with Crippen LogP contribution in [0.4, 0.5) is 0 Å². The maximum Gasteiger partial charge on any atom is 0.352 e. The molecule has 0 amide bonds. The molecule has 0 aliphatic heterocycles. The van der Waals surface area contributed by atoms with E-state index in [1.165, 1.54) is 0 Å². The molecule has 0 radical (unpaired) electrons. The van der Waals surface area contributed by atoms with Gasteiger partial charge in [-0.1, -0.05) is 0 Å². The second kappa shape index (κ2) is 4.90. The first-order valence-electron chi connectivity index (χ1n) is 5.42. The van der Waals surface area contributed by atoms with Crippen LogP contribution in [0, 0.1) is 0 Å². The molecule has 2 heterocycles. The molecule has 0 bridgehead atoms. The molecule has 0 saturated heterocycles. The number of carbonyl (C=O) groups is 1. The zero-order chi connectivity index (χ0) is 14.0. The van der Waals surface area contributed by atoms with Crippen LogP contribution in [0.3, 0.4) is 0 Å². The van der Waals surface area contributed by atoms with E-state index in [0.29, 0.717) is 0 Å². The molecule has 8 heteroatoms. The molecule has 0 aliphatic carbocycles. The number of carboxylic acids is 1. The highest BCUT2D eigenvalue weighted by Gasteiger charge is 2.18. The molecule has 0 aliphatic rings. The Morgan fingerprint density at radius 2 is 2.26 bits per heavy atom. The minimum absolute atomic E-state index is 0.0980. The van der Waals surface area contributed by atoms with E-state index in [-0.39, 0.29) is 17.1 Å². The molecule has 19 heavy (non-hydrogen) atoms. The predicted molar refractivity (Wildman–Crippen MR) is 67.2 cm³/mol. The van der Waals surface area contributed by atoms with Crippen LogP contribution in [-0.4, -0.2) is 29.0 Å². The monoisotopic (exact) mass is 283 g/mol. The summed E-state index contributed by atoms with van der Waals surface area (Å²) in [6.45, 7) is 0.138. The van der Waals surface area contributed by atoms with Crippen molar-refractivity contribution in [3.05, 3.63) is 42.0 Å². The molecule has 2 rings (SSSR count). The minimum Gasteiger partial charge on any atom is -0.477 e. The second-order valence-corrected chi connectivity index (χ2v) is 5.76. The fourth-order valence-electron chi connectivity index (χ4n) is 1.59. The maximum atomic E-state index is 11.9. The number of H-pyrrole nitrogens is 1. The van der Waals surface area contributed by atoms with Crippen LogP contribution in [0.1, 0.15) is 16.2 Å². The normalized spacial score (nSPS) is 11.6. The third kappa shape index (κ3) is 2.85. The maximum absolute atomic E-state index is 11.9. The lowest BCUT2D eigenvalue weighted by atomic mass is 10.4. The second-order valence-electron chi connectivity index (χ2n) is 3.99. The molecule has 0 unspecified atom stereocenters. The molecule has 7 nitrogen and oxygen atoms in total. The van der Waals surface area contributed by atoms with E-state index < -0.39 is 16.0 Å². The van der Waals surface area contributed by atoms with Crippen molar-refractivity contribution in [1.29, 1.82) is 0 Å². The number of aromatic carboxylic acids is 1. The van der Waals surface area contributed by atoms with E-state index in [0.717, 1.165) is 18.0 Å². The zero-order valence-electron chi connectivity index (χ0n) is 10.1. The molecule has 2 aromatic heterocycles. The first kappa shape index (κ1) is 13.4. The van der Waals surface area contributed by atoms with Crippen molar-refractivity contribution in [2.45, 2.75) is 11.4 Å². The number of rotatable bonds is 5. The van der Waals surface area contributed by atoms with E-state index >= 15 is 0 Å². The van der Waals surface area contributed by atoms with Crippen LogP contribution in [0.5, 0.6) is 0 Å². The van der Waals surface area contributed by atoms with Gasteiger partial charge in [-0.25, -0.2) is 17.9 Å². The smallest absolute Gasteiger partial charge is 0.352 e. The van der Waals surface area contributed by atoms with Gasteiger partial charge < -0.3 is 14.7 Å². The van der Waals surface area contributed by atoms with E-state index in [2.05, 4.69) is 9.71 Å². The van der Waals surface area contributed by atoms with Crippen molar-refractivity contribution >= 4 is 16.0 Å². The Kier molecular flexibility index (Phi) is 3.45. The summed E-state index contributed by atoms with van der Waals surface area (Å²) >= 11 is 0. The number of carboxylic acid groups (broad SMARTS) is 1. The molecule has 3 N–H and O–H groups in total. The van der Waals surface area contributed by atoms with Crippen molar-refractivity contribution in [2.24, 2.45) is 7.05 Å². The van der Waals surface area contributed by atoms with Gasteiger partial charge in [0.2, 0.25) is 10.0 Å². The van der Waals surface area contributed by atoms with Crippen molar-refractivity contribution in [3.63, 3.8) is 0 Å². The van der Waals surface area contributed by atoms with Crippen LogP contribution >= 0.6 is 0 Å². The topological polar surface area (TPSA) is 104 Å². The summed E-state index contributed by atoms with van der Waals surface area (Å²) in [5, 5.41) is 8.73. The summed E-state index contributed by atoms with van der Waals surface area (Å²) in [6, 6.07) is 4.68. The van der Waals surface area contributed by atoms with Gasteiger partial charge in [-0.2, -0.15) is 0 Å². The number of hydrogen-bond donors (Lipinski definition) is 3. The highest BCUT2D eigenvalue weighted by atomic mass is 32.2. The van der Waals surface area contributed by atoms with Crippen LogP contribution in [0.15, 0.2) is 35.5 Å². The van der Waals surface area contributed by atoms with Crippen LogP contribution in [0.25, 0.3) is 0 Å². The summed E-state index contributed by atoms with van der Waals surface area (Å²) in [5.41, 5.74) is 0.636. The Hall–Kier alpha value is -2.06. The Labute approximate surface area is 109 Å². The number of nitrogens with one attached hydrogen (secondary N) is 2. The van der Waals surface area contributed by atoms with Crippen LogP contribution in [-0.2, 0) is 23.6 Å². The van der Waals surface area contributed by atoms with Crippen LogP contribution in [0.2, 0.25) is 0 Å². The van der Waals surface area contributed by atoms with Crippen molar-refractivity contribution in [3.8, 4) is 0 Å². The van der Waals surface area contributed by atoms with Gasteiger partial charge in [-0.3, -0.25) is 0 Å². The number of sulfonamides is 1. The number of nitrogens with zero attached hydrogens (tertiary/aromatic N) is 1.